The summed E-state index contributed by atoms with van der Waals surface area (Å²) in [5, 5.41) is 6.87. The third-order valence-corrected chi connectivity index (χ3v) is 6.04. The quantitative estimate of drug-likeness (QED) is 0.655. The average Bonchev–Trinajstić information content (AvgIpc) is 3.05. The van der Waals surface area contributed by atoms with E-state index in [2.05, 4.69) is 41.3 Å². The van der Waals surface area contributed by atoms with Gasteiger partial charge in [0.25, 0.3) is 0 Å². The van der Waals surface area contributed by atoms with E-state index in [0.717, 1.165) is 42.1 Å². The van der Waals surface area contributed by atoms with Crippen molar-refractivity contribution in [3.05, 3.63) is 38.8 Å². The Morgan fingerprint density at radius 3 is 2.61 bits per heavy atom. The smallest absolute Gasteiger partial charge is 0.238 e. The summed E-state index contributed by atoms with van der Waals surface area (Å²) in [6.07, 6.45) is 1.81. The second kappa shape index (κ2) is 9.80. The molecular weight excluding hydrogens is 466 g/mol. The molecule has 2 N–H and O–H groups in total. The van der Waals surface area contributed by atoms with E-state index in [1.807, 2.05) is 0 Å². The number of hydrogen-bond acceptors (Lipinski definition) is 6. The van der Waals surface area contributed by atoms with E-state index in [1.165, 1.54) is 18.3 Å². The van der Waals surface area contributed by atoms with E-state index in [1.54, 1.807) is 24.4 Å². The van der Waals surface area contributed by atoms with Gasteiger partial charge in [-0.25, -0.2) is 4.98 Å². The topological polar surface area (TPSA) is 77.6 Å². The number of nitrogens with zero attached hydrogens (tertiary/aromatic N) is 3. The second-order valence-corrected chi connectivity index (χ2v) is 8.94. The van der Waals surface area contributed by atoms with Crippen LogP contribution in [0.2, 0.25) is 5.02 Å². The SMILES string of the molecule is CC(=O)Nc1ncc(CN2CCN(CC(=O)Nc3ccc(Cl)cc3Br)CC2)s1. The van der Waals surface area contributed by atoms with Crippen LogP contribution < -0.4 is 10.6 Å². The van der Waals surface area contributed by atoms with Crippen molar-refractivity contribution in [2.45, 2.75) is 13.5 Å². The number of rotatable bonds is 6. The molecule has 7 nitrogen and oxygen atoms in total. The van der Waals surface area contributed by atoms with Crippen molar-refractivity contribution < 1.29 is 9.59 Å². The van der Waals surface area contributed by atoms with Gasteiger partial charge in [-0.15, -0.1) is 11.3 Å². The van der Waals surface area contributed by atoms with Gasteiger partial charge in [0.15, 0.2) is 5.13 Å². The van der Waals surface area contributed by atoms with Gasteiger partial charge >= 0.3 is 0 Å². The van der Waals surface area contributed by atoms with Crippen molar-refractivity contribution in [1.82, 2.24) is 14.8 Å². The zero-order chi connectivity index (χ0) is 20.1. The summed E-state index contributed by atoms with van der Waals surface area (Å²) in [7, 11) is 0. The molecule has 1 aliphatic rings. The first-order chi connectivity index (χ1) is 13.4. The summed E-state index contributed by atoms with van der Waals surface area (Å²) in [6, 6.07) is 5.29. The number of carbonyl (C=O) groups excluding carboxylic acids is 2. The molecule has 0 atom stereocenters. The number of halogens is 2. The lowest BCUT2D eigenvalue weighted by atomic mass is 10.3. The zero-order valence-electron chi connectivity index (χ0n) is 15.4. The fraction of sp³-hybridized carbons (Fsp3) is 0.389. The van der Waals surface area contributed by atoms with E-state index < -0.39 is 0 Å². The van der Waals surface area contributed by atoms with Crippen molar-refractivity contribution in [2.75, 3.05) is 43.4 Å². The number of thiazole rings is 1. The number of carbonyl (C=O) groups is 2. The van der Waals surface area contributed by atoms with Crippen molar-refractivity contribution in [3.8, 4) is 0 Å². The van der Waals surface area contributed by atoms with Gasteiger partial charge in [0.05, 0.1) is 12.2 Å². The molecule has 1 aromatic carbocycles. The predicted octanol–water partition coefficient (Wildman–Crippen LogP) is 3.27. The Morgan fingerprint density at radius 2 is 1.93 bits per heavy atom. The highest BCUT2D eigenvalue weighted by Crippen LogP contribution is 2.26. The average molecular weight is 487 g/mol. The summed E-state index contributed by atoms with van der Waals surface area (Å²) < 4.78 is 0.765. The zero-order valence-corrected chi connectivity index (χ0v) is 18.5. The second-order valence-electron chi connectivity index (χ2n) is 6.54. The molecule has 150 valence electrons. The van der Waals surface area contributed by atoms with Crippen molar-refractivity contribution in [1.29, 1.82) is 0 Å². The molecule has 1 aromatic heterocycles. The van der Waals surface area contributed by atoms with Crippen LogP contribution in [0.15, 0.2) is 28.9 Å². The van der Waals surface area contributed by atoms with Crippen LogP contribution in [0.5, 0.6) is 0 Å². The summed E-state index contributed by atoms with van der Waals surface area (Å²) >= 11 is 10.8. The number of aromatic nitrogens is 1. The lowest BCUT2D eigenvalue weighted by Crippen LogP contribution is -2.48. The molecular formula is C18H21BrClN5O2S. The van der Waals surface area contributed by atoms with Crippen molar-refractivity contribution in [3.63, 3.8) is 0 Å². The number of piperazine rings is 1. The number of anilines is 2. The highest BCUT2D eigenvalue weighted by atomic mass is 79.9. The molecule has 0 aliphatic carbocycles. The van der Waals surface area contributed by atoms with Crippen molar-refractivity contribution in [2.24, 2.45) is 0 Å². The third kappa shape index (κ3) is 6.25. The Bertz CT molecular complexity index is 854. The van der Waals surface area contributed by atoms with Crippen LogP contribution in [0.25, 0.3) is 0 Å². The van der Waals surface area contributed by atoms with Crippen molar-refractivity contribution >= 4 is 61.5 Å². The number of amides is 2. The summed E-state index contributed by atoms with van der Waals surface area (Å²) in [5.41, 5.74) is 0.716. The summed E-state index contributed by atoms with van der Waals surface area (Å²) in [5.74, 6) is -0.155. The van der Waals surface area contributed by atoms with E-state index in [9.17, 15) is 9.59 Å². The summed E-state index contributed by atoms with van der Waals surface area (Å²) in [4.78, 5) is 33.2. The molecule has 0 bridgehead atoms. The Kier molecular flexibility index (Phi) is 7.42. The maximum Gasteiger partial charge on any atom is 0.238 e. The summed E-state index contributed by atoms with van der Waals surface area (Å²) in [6.45, 7) is 6.04. The lowest BCUT2D eigenvalue weighted by molar-refractivity contribution is -0.117. The number of hydrogen-bond donors (Lipinski definition) is 2. The van der Waals surface area contributed by atoms with Gasteiger partial charge in [0, 0.05) is 60.2 Å². The first kappa shape index (κ1) is 21.2. The normalized spacial score (nSPS) is 15.4. The molecule has 1 fully saturated rings. The predicted molar refractivity (Wildman–Crippen MR) is 116 cm³/mol. The molecule has 1 aliphatic heterocycles. The molecule has 2 heterocycles. The maximum absolute atomic E-state index is 12.3. The van der Waals surface area contributed by atoms with Crippen LogP contribution >= 0.6 is 38.9 Å². The molecule has 0 spiro atoms. The minimum atomic E-state index is -0.113. The van der Waals surface area contributed by atoms with E-state index in [4.69, 9.17) is 11.6 Å². The Balaban J connectivity index is 1.43. The highest BCUT2D eigenvalue weighted by molar-refractivity contribution is 9.10. The monoisotopic (exact) mass is 485 g/mol. The van der Waals surface area contributed by atoms with Gasteiger partial charge in [-0.05, 0) is 34.1 Å². The minimum absolute atomic E-state index is 0.0427. The van der Waals surface area contributed by atoms with Gasteiger partial charge in [0.1, 0.15) is 0 Å². The van der Waals surface area contributed by atoms with Crippen LogP contribution in [0.4, 0.5) is 10.8 Å². The molecule has 0 radical (unpaired) electrons. The minimum Gasteiger partial charge on any atom is -0.324 e. The third-order valence-electron chi connectivity index (χ3n) is 4.25. The molecule has 1 saturated heterocycles. The van der Waals surface area contributed by atoms with E-state index in [-0.39, 0.29) is 11.8 Å². The van der Waals surface area contributed by atoms with Crippen LogP contribution in [0.1, 0.15) is 11.8 Å². The fourth-order valence-electron chi connectivity index (χ4n) is 2.90. The highest BCUT2D eigenvalue weighted by Gasteiger charge is 2.20. The molecule has 28 heavy (non-hydrogen) atoms. The van der Waals surface area contributed by atoms with Gasteiger partial charge < -0.3 is 10.6 Å². The van der Waals surface area contributed by atoms with Gasteiger partial charge in [-0.1, -0.05) is 11.6 Å². The molecule has 3 rings (SSSR count). The standard InChI is InChI=1S/C18H21BrClN5O2S/c1-12(26)22-18-21-9-14(28-18)10-24-4-6-25(7-5-24)11-17(27)23-16-3-2-13(20)8-15(16)19/h2-3,8-9H,4-7,10-11H2,1H3,(H,23,27)(H,21,22,26). The molecule has 0 unspecified atom stereocenters. The fourth-order valence-corrected chi connectivity index (χ4v) is 4.58. The lowest BCUT2D eigenvalue weighted by Gasteiger charge is -2.33. The number of benzene rings is 1. The Morgan fingerprint density at radius 1 is 1.21 bits per heavy atom. The van der Waals surface area contributed by atoms with Crippen LogP contribution in [-0.4, -0.2) is 59.3 Å². The molecule has 0 saturated carbocycles. The van der Waals surface area contributed by atoms with Crippen LogP contribution in [0.3, 0.4) is 0 Å². The molecule has 2 amide bonds. The maximum atomic E-state index is 12.3. The Labute approximate surface area is 181 Å². The first-order valence-corrected chi connectivity index (χ1v) is 10.8. The molecule has 10 heteroatoms. The van der Waals surface area contributed by atoms with Crippen LogP contribution in [-0.2, 0) is 16.1 Å². The Hall–Kier alpha value is -1.52. The largest absolute Gasteiger partial charge is 0.324 e. The van der Waals surface area contributed by atoms with Gasteiger partial charge in [-0.2, -0.15) is 0 Å². The van der Waals surface area contributed by atoms with E-state index in [0.29, 0.717) is 22.4 Å². The van der Waals surface area contributed by atoms with Gasteiger partial charge in [-0.3, -0.25) is 19.4 Å². The molecule has 2 aromatic rings. The van der Waals surface area contributed by atoms with Gasteiger partial charge in [0.2, 0.25) is 11.8 Å². The van der Waals surface area contributed by atoms with E-state index >= 15 is 0 Å². The van der Waals surface area contributed by atoms with Crippen LogP contribution in [0, 0.1) is 0 Å². The first-order valence-electron chi connectivity index (χ1n) is 8.81. The number of nitrogens with one attached hydrogen (secondary N) is 2.